The van der Waals surface area contributed by atoms with Crippen molar-refractivity contribution < 1.29 is 5.11 Å². The van der Waals surface area contributed by atoms with Gasteiger partial charge in [0, 0.05) is 7.05 Å². The highest BCUT2D eigenvalue weighted by atomic mass is 16.3. The quantitative estimate of drug-likeness (QED) is 0.729. The van der Waals surface area contributed by atoms with Crippen LogP contribution in [0.15, 0.2) is 12.2 Å². The highest BCUT2D eigenvalue weighted by Crippen LogP contribution is 2.33. The van der Waals surface area contributed by atoms with E-state index in [0.717, 1.165) is 12.8 Å². The monoisotopic (exact) mass is 208 g/mol. The molecule has 0 amide bonds. The Labute approximate surface area is 88.8 Å². The Morgan fingerprint density at radius 2 is 2.47 bits per heavy atom. The SMILES string of the molecule is CCC1C=CC(O)(c2nnnn2C)CC1. The van der Waals surface area contributed by atoms with E-state index in [9.17, 15) is 5.11 Å². The zero-order valence-corrected chi connectivity index (χ0v) is 9.09. The zero-order valence-electron chi connectivity index (χ0n) is 9.09. The molecule has 1 aliphatic rings. The van der Waals surface area contributed by atoms with Gasteiger partial charge in [-0.2, -0.15) is 0 Å². The van der Waals surface area contributed by atoms with Gasteiger partial charge < -0.3 is 5.11 Å². The maximum Gasteiger partial charge on any atom is 0.186 e. The summed E-state index contributed by atoms with van der Waals surface area (Å²) in [6.45, 7) is 2.16. The summed E-state index contributed by atoms with van der Waals surface area (Å²) < 4.78 is 1.52. The Balaban J connectivity index is 2.26. The van der Waals surface area contributed by atoms with Crippen molar-refractivity contribution >= 4 is 0 Å². The Bertz CT molecular complexity index is 373. The number of aromatic nitrogens is 4. The maximum absolute atomic E-state index is 10.4. The number of rotatable bonds is 2. The van der Waals surface area contributed by atoms with Gasteiger partial charge in [-0.05, 0) is 41.7 Å². The molecule has 2 rings (SSSR count). The minimum Gasteiger partial charge on any atom is -0.378 e. The van der Waals surface area contributed by atoms with Crippen LogP contribution in [0.4, 0.5) is 0 Å². The van der Waals surface area contributed by atoms with Gasteiger partial charge >= 0.3 is 0 Å². The lowest BCUT2D eigenvalue weighted by Gasteiger charge is -2.28. The van der Waals surface area contributed by atoms with Crippen molar-refractivity contribution in [2.24, 2.45) is 13.0 Å². The molecule has 0 aliphatic heterocycles. The molecular weight excluding hydrogens is 192 g/mol. The number of allylic oxidation sites excluding steroid dienone is 1. The second-order valence-corrected chi connectivity index (χ2v) is 4.12. The van der Waals surface area contributed by atoms with Gasteiger partial charge in [0.2, 0.25) is 0 Å². The lowest BCUT2D eigenvalue weighted by Crippen LogP contribution is -2.30. The molecule has 2 unspecified atom stereocenters. The fourth-order valence-electron chi connectivity index (χ4n) is 2.00. The first kappa shape index (κ1) is 10.3. The number of aliphatic hydroxyl groups is 1. The number of nitrogens with zero attached hydrogens (tertiary/aromatic N) is 4. The summed E-state index contributed by atoms with van der Waals surface area (Å²) in [6, 6.07) is 0. The first-order valence-corrected chi connectivity index (χ1v) is 5.30. The third kappa shape index (κ3) is 1.79. The molecule has 5 nitrogen and oxygen atoms in total. The van der Waals surface area contributed by atoms with E-state index in [0.29, 0.717) is 18.2 Å². The Hall–Kier alpha value is -1.23. The van der Waals surface area contributed by atoms with Gasteiger partial charge in [0.1, 0.15) is 5.60 Å². The van der Waals surface area contributed by atoms with Crippen molar-refractivity contribution in [3.05, 3.63) is 18.0 Å². The van der Waals surface area contributed by atoms with E-state index < -0.39 is 5.60 Å². The number of hydrogen-bond acceptors (Lipinski definition) is 4. The fraction of sp³-hybridized carbons (Fsp3) is 0.700. The van der Waals surface area contributed by atoms with E-state index in [-0.39, 0.29) is 0 Å². The molecule has 2 atom stereocenters. The Morgan fingerprint density at radius 3 is 2.93 bits per heavy atom. The van der Waals surface area contributed by atoms with Crippen LogP contribution in [0.2, 0.25) is 0 Å². The Morgan fingerprint density at radius 1 is 1.67 bits per heavy atom. The first-order chi connectivity index (χ1) is 7.15. The fourth-order valence-corrected chi connectivity index (χ4v) is 2.00. The average Bonchev–Trinajstić information content (AvgIpc) is 2.66. The predicted octanol–water partition coefficient (Wildman–Crippen LogP) is 0.774. The van der Waals surface area contributed by atoms with Crippen molar-refractivity contribution in [1.82, 2.24) is 20.2 Å². The summed E-state index contributed by atoms with van der Waals surface area (Å²) >= 11 is 0. The molecule has 1 aromatic heterocycles. The van der Waals surface area contributed by atoms with Gasteiger partial charge in [-0.1, -0.05) is 13.0 Å². The van der Waals surface area contributed by atoms with Gasteiger partial charge in [-0.15, -0.1) is 5.10 Å². The van der Waals surface area contributed by atoms with Crippen molar-refractivity contribution in [1.29, 1.82) is 0 Å². The van der Waals surface area contributed by atoms with Gasteiger partial charge in [0.15, 0.2) is 5.82 Å². The zero-order chi connectivity index (χ0) is 10.9. The average molecular weight is 208 g/mol. The number of hydrogen-bond donors (Lipinski definition) is 1. The van der Waals surface area contributed by atoms with E-state index in [4.69, 9.17) is 0 Å². The molecule has 0 bridgehead atoms. The molecule has 0 fully saturated rings. The number of aryl methyl sites for hydroxylation is 1. The third-order valence-electron chi connectivity index (χ3n) is 3.07. The van der Waals surface area contributed by atoms with Gasteiger partial charge in [0.25, 0.3) is 0 Å². The van der Waals surface area contributed by atoms with Crippen LogP contribution in [0.3, 0.4) is 0 Å². The molecule has 1 heterocycles. The molecule has 0 radical (unpaired) electrons. The van der Waals surface area contributed by atoms with Crippen molar-refractivity contribution in [3.8, 4) is 0 Å². The summed E-state index contributed by atoms with van der Waals surface area (Å²) in [4.78, 5) is 0. The molecule has 0 saturated heterocycles. The molecule has 15 heavy (non-hydrogen) atoms. The van der Waals surface area contributed by atoms with Crippen LogP contribution < -0.4 is 0 Å². The maximum atomic E-state index is 10.4. The normalized spacial score (nSPS) is 30.7. The van der Waals surface area contributed by atoms with E-state index in [1.807, 2.05) is 6.08 Å². The van der Waals surface area contributed by atoms with Crippen LogP contribution in [-0.4, -0.2) is 25.3 Å². The molecule has 1 N–H and O–H groups in total. The van der Waals surface area contributed by atoms with E-state index in [1.165, 1.54) is 4.68 Å². The standard InChI is InChI=1S/C10H16N4O/c1-3-8-4-6-10(15,7-5-8)9-11-12-13-14(9)2/h4,6,8,15H,3,5,7H2,1-2H3. The van der Waals surface area contributed by atoms with Gasteiger partial charge in [-0.25, -0.2) is 4.68 Å². The molecule has 0 spiro atoms. The van der Waals surface area contributed by atoms with E-state index in [1.54, 1.807) is 7.05 Å². The van der Waals surface area contributed by atoms with Gasteiger partial charge in [-0.3, -0.25) is 0 Å². The molecule has 82 valence electrons. The molecule has 0 aromatic carbocycles. The van der Waals surface area contributed by atoms with Crippen molar-refractivity contribution in [2.75, 3.05) is 0 Å². The summed E-state index contributed by atoms with van der Waals surface area (Å²) in [7, 11) is 1.74. The topological polar surface area (TPSA) is 63.8 Å². The number of tetrazole rings is 1. The van der Waals surface area contributed by atoms with Crippen molar-refractivity contribution in [3.63, 3.8) is 0 Å². The second kappa shape index (κ2) is 3.73. The summed E-state index contributed by atoms with van der Waals surface area (Å²) in [6.07, 6.45) is 6.69. The van der Waals surface area contributed by atoms with Crippen LogP contribution in [-0.2, 0) is 12.6 Å². The highest BCUT2D eigenvalue weighted by Gasteiger charge is 2.34. The molecule has 1 aromatic rings. The van der Waals surface area contributed by atoms with Crippen LogP contribution in [0, 0.1) is 5.92 Å². The summed E-state index contributed by atoms with van der Waals surface area (Å²) in [5.41, 5.74) is -0.982. The first-order valence-electron chi connectivity index (χ1n) is 5.30. The van der Waals surface area contributed by atoms with Crippen LogP contribution in [0.25, 0.3) is 0 Å². The smallest absolute Gasteiger partial charge is 0.186 e. The minimum absolute atomic E-state index is 0.522. The largest absolute Gasteiger partial charge is 0.378 e. The molecule has 0 saturated carbocycles. The lowest BCUT2D eigenvalue weighted by molar-refractivity contribution is 0.0531. The summed E-state index contributed by atoms with van der Waals surface area (Å²) in [5.74, 6) is 1.10. The third-order valence-corrected chi connectivity index (χ3v) is 3.07. The summed E-state index contributed by atoms with van der Waals surface area (Å²) in [5, 5.41) is 21.5. The molecule has 5 heteroatoms. The lowest BCUT2D eigenvalue weighted by atomic mass is 9.83. The molecule has 1 aliphatic carbocycles. The minimum atomic E-state index is -0.982. The molecular formula is C10H16N4O. The van der Waals surface area contributed by atoms with Crippen molar-refractivity contribution in [2.45, 2.75) is 31.8 Å². The van der Waals surface area contributed by atoms with Crippen LogP contribution in [0.1, 0.15) is 32.0 Å². The highest BCUT2D eigenvalue weighted by molar-refractivity contribution is 5.15. The van der Waals surface area contributed by atoms with Crippen LogP contribution >= 0.6 is 0 Å². The van der Waals surface area contributed by atoms with Gasteiger partial charge in [0.05, 0.1) is 0 Å². The van der Waals surface area contributed by atoms with Crippen LogP contribution in [0.5, 0.6) is 0 Å². The predicted molar refractivity (Wildman–Crippen MR) is 54.8 cm³/mol. The Kier molecular flexibility index (Phi) is 2.56. The van der Waals surface area contributed by atoms with E-state index >= 15 is 0 Å². The second-order valence-electron chi connectivity index (χ2n) is 4.12. The van der Waals surface area contributed by atoms with E-state index in [2.05, 4.69) is 28.5 Å².